The summed E-state index contributed by atoms with van der Waals surface area (Å²) in [6.45, 7) is 8.30. The maximum Gasteiger partial charge on any atom is 0.261 e. The van der Waals surface area contributed by atoms with Crippen molar-refractivity contribution >= 4 is 21.5 Å². The molecule has 3 aromatic rings. The van der Waals surface area contributed by atoms with E-state index in [0.717, 1.165) is 35.7 Å². The molecule has 1 saturated heterocycles. The Morgan fingerprint density at radius 3 is 2.42 bits per heavy atom. The Morgan fingerprint density at radius 2 is 1.70 bits per heavy atom. The molecule has 0 bridgehead atoms. The van der Waals surface area contributed by atoms with Gasteiger partial charge in [0.2, 0.25) is 0 Å². The van der Waals surface area contributed by atoms with Crippen LogP contribution < -0.4 is 9.62 Å². The van der Waals surface area contributed by atoms with Crippen LogP contribution in [0.15, 0.2) is 47.8 Å². The van der Waals surface area contributed by atoms with Crippen molar-refractivity contribution in [3.05, 3.63) is 70.9 Å². The van der Waals surface area contributed by atoms with E-state index in [1.165, 1.54) is 6.33 Å². The van der Waals surface area contributed by atoms with Gasteiger partial charge in [-0.1, -0.05) is 29.5 Å². The fraction of sp³-hybridized carbons (Fsp3) is 0.292. The van der Waals surface area contributed by atoms with E-state index < -0.39 is 10.0 Å². The fourth-order valence-corrected chi connectivity index (χ4v) is 4.49. The van der Waals surface area contributed by atoms with Gasteiger partial charge in [-0.2, -0.15) is 0 Å². The van der Waals surface area contributed by atoms with E-state index in [1.807, 2.05) is 13.8 Å². The van der Waals surface area contributed by atoms with Crippen molar-refractivity contribution in [2.24, 2.45) is 0 Å². The molecule has 4 rings (SSSR count). The van der Waals surface area contributed by atoms with Crippen LogP contribution in [-0.4, -0.2) is 49.7 Å². The van der Waals surface area contributed by atoms with Crippen LogP contribution in [-0.2, 0) is 14.8 Å². The first-order valence-electron chi connectivity index (χ1n) is 10.6. The molecule has 8 nitrogen and oxygen atoms in total. The predicted octanol–water partition coefficient (Wildman–Crippen LogP) is 2.83. The molecule has 1 N–H and O–H groups in total. The number of benzene rings is 1. The number of nitrogens with one attached hydrogen (secondary N) is 1. The van der Waals surface area contributed by atoms with Gasteiger partial charge in [0, 0.05) is 24.8 Å². The Balaban J connectivity index is 1.63. The maximum absolute atomic E-state index is 12.8. The van der Waals surface area contributed by atoms with Gasteiger partial charge >= 0.3 is 0 Å². The Hall–Kier alpha value is -3.48. The Bertz CT molecular complexity index is 1320. The number of hydrogen-bond acceptors (Lipinski definition) is 7. The van der Waals surface area contributed by atoms with Crippen LogP contribution in [0.1, 0.15) is 28.1 Å². The average Bonchev–Trinajstić information content (AvgIpc) is 2.81. The van der Waals surface area contributed by atoms with Crippen molar-refractivity contribution in [1.82, 2.24) is 15.0 Å². The predicted molar refractivity (Wildman–Crippen MR) is 127 cm³/mol. The molecule has 1 aliphatic heterocycles. The minimum Gasteiger partial charge on any atom is -0.378 e. The lowest BCUT2D eigenvalue weighted by atomic mass is 10.1. The van der Waals surface area contributed by atoms with Crippen LogP contribution in [0.25, 0.3) is 0 Å². The molecule has 0 saturated carbocycles. The van der Waals surface area contributed by atoms with Gasteiger partial charge in [-0.3, -0.25) is 9.71 Å². The molecule has 0 spiro atoms. The van der Waals surface area contributed by atoms with Gasteiger partial charge < -0.3 is 9.64 Å². The minimum atomic E-state index is -3.74. The average molecular weight is 464 g/mol. The first-order valence-corrected chi connectivity index (χ1v) is 12.0. The van der Waals surface area contributed by atoms with Gasteiger partial charge in [-0.05, 0) is 39.0 Å². The van der Waals surface area contributed by atoms with Crippen molar-refractivity contribution in [2.75, 3.05) is 35.9 Å². The number of ether oxygens (including phenoxy) is 1. The lowest BCUT2D eigenvalue weighted by Gasteiger charge is -2.28. The summed E-state index contributed by atoms with van der Waals surface area (Å²) in [5, 5.41) is 0. The standard InChI is InChI=1S/C24H25N5O3S/c1-17-4-7-21(8-5-17)33(30,31)28-23-14-20(15-25-19(23)3)6-9-22-18(2)26-16-27-24(22)29-10-12-32-13-11-29/h4-5,7-8,14-16,28H,10-13H2,1-3H3. The molecule has 3 heterocycles. The smallest absolute Gasteiger partial charge is 0.261 e. The molecule has 9 heteroatoms. The molecule has 2 aromatic heterocycles. The Morgan fingerprint density at radius 1 is 0.970 bits per heavy atom. The van der Waals surface area contributed by atoms with Gasteiger partial charge in [0.1, 0.15) is 12.1 Å². The van der Waals surface area contributed by atoms with E-state index >= 15 is 0 Å². The molecule has 1 fully saturated rings. The third-order valence-electron chi connectivity index (χ3n) is 5.32. The molecule has 170 valence electrons. The van der Waals surface area contributed by atoms with E-state index in [2.05, 4.69) is 36.4 Å². The van der Waals surface area contributed by atoms with E-state index in [-0.39, 0.29) is 4.90 Å². The number of sulfonamides is 1. The second kappa shape index (κ2) is 9.57. The molecular weight excluding hydrogens is 438 g/mol. The van der Waals surface area contributed by atoms with Crippen molar-refractivity contribution in [2.45, 2.75) is 25.7 Å². The van der Waals surface area contributed by atoms with Gasteiger partial charge in [-0.15, -0.1) is 0 Å². The quantitative estimate of drug-likeness (QED) is 0.594. The molecule has 0 amide bonds. The monoisotopic (exact) mass is 463 g/mol. The summed E-state index contributed by atoms with van der Waals surface area (Å²) in [7, 11) is -3.74. The second-order valence-electron chi connectivity index (χ2n) is 7.78. The summed E-state index contributed by atoms with van der Waals surface area (Å²) in [5.74, 6) is 7.04. The van der Waals surface area contributed by atoms with Crippen molar-refractivity contribution in [1.29, 1.82) is 0 Å². The van der Waals surface area contributed by atoms with E-state index in [4.69, 9.17) is 4.74 Å². The second-order valence-corrected chi connectivity index (χ2v) is 9.47. The van der Waals surface area contributed by atoms with Crippen molar-refractivity contribution < 1.29 is 13.2 Å². The fourth-order valence-electron chi connectivity index (χ4n) is 3.38. The highest BCUT2D eigenvalue weighted by Crippen LogP contribution is 2.22. The zero-order valence-corrected chi connectivity index (χ0v) is 19.6. The van der Waals surface area contributed by atoms with E-state index in [0.29, 0.717) is 30.2 Å². The van der Waals surface area contributed by atoms with Gasteiger partial charge in [0.25, 0.3) is 10.0 Å². The number of anilines is 2. The lowest BCUT2D eigenvalue weighted by Crippen LogP contribution is -2.37. The highest BCUT2D eigenvalue weighted by atomic mass is 32.2. The number of aromatic nitrogens is 3. The highest BCUT2D eigenvalue weighted by molar-refractivity contribution is 7.92. The van der Waals surface area contributed by atoms with Crippen LogP contribution >= 0.6 is 0 Å². The Labute approximate surface area is 194 Å². The molecule has 1 aromatic carbocycles. The minimum absolute atomic E-state index is 0.191. The molecule has 0 radical (unpaired) electrons. The zero-order chi connectivity index (χ0) is 23.4. The maximum atomic E-state index is 12.8. The van der Waals surface area contributed by atoms with Gasteiger partial charge in [0.05, 0.1) is 40.7 Å². The number of morpholine rings is 1. The summed E-state index contributed by atoms with van der Waals surface area (Å²) in [5.41, 5.74) is 4.03. The van der Waals surface area contributed by atoms with Crippen LogP contribution in [0, 0.1) is 32.6 Å². The number of nitrogens with zero attached hydrogens (tertiary/aromatic N) is 4. The summed E-state index contributed by atoms with van der Waals surface area (Å²) >= 11 is 0. The Kier molecular flexibility index (Phi) is 6.58. The summed E-state index contributed by atoms with van der Waals surface area (Å²) in [6, 6.07) is 8.37. The SMILES string of the molecule is Cc1ccc(S(=O)(=O)Nc2cc(C#Cc3c(C)ncnc3N3CCOCC3)cnc2C)cc1. The van der Waals surface area contributed by atoms with Crippen LogP contribution in [0.4, 0.5) is 11.5 Å². The number of hydrogen-bond donors (Lipinski definition) is 1. The third-order valence-corrected chi connectivity index (χ3v) is 6.70. The molecule has 33 heavy (non-hydrogen) atoms. The van der Waals surface area contributed by atoms with Crippen molar-refractivity contribution in [3.8, 4) is 11.8 Å². The molecular formula is C24H25N5O3S. The van der Waals surface area contributed by atoms with Crippen molar-refractivity contribution in [3.63, 3.8) is 0 Å². The van der Waals surface area contributed by atoms with Gasteiger partial charge in [0.15, 0.2) is 0 Å². The third kappa shape index (κ3) is 5.30. The molecule has 0 atom stereocenters. The molecule has 0 aliphatic carbocycles. The first-order chi connectivity index (χ1) is 15.8. The number of pyridine rings is 1. The molecule has 1 aliphatic rings. The number of aryl methyl sites for hydroxylation is 3. The normalized spacial score (nSPS) is 13.8. The largest absolute Gasteiger partial charge is 0.378 e. The van der Waals surface area contributed by atoms with Gasteiger partial charge in [-0.25, -0.2) is 18.4 Å². The van der Waals surface area contributed by atoms with E-state index in [9.17, 15) is 8.42 Å². The van der Waals surface area contributed by atoms with Crippen LogP contribution in [0.5, 0.6) is 0 Å². The first kappa shape index (κ1) is 22.7. The van der Waals surface area contributed by atoms with Crippen LogP contribution in [0.2, 0.25) is 0 Å². The number of rotatable bonds is 4. The zero-order valence-electron chi connectivity index (χ0n) is 18.8. The highest BCUT2D eigenvalue weighted by Gasteiger charge is 2.18. The topological polar surface area (TPSA) is 97.3 Å². The summed E-state index contributed by atoms with van der Waals surface area (Å²) in [6.07, 6.45) is 3.16. The lowest BCUT2D eigenvalue weighted by molar-refractivity contribution is 0.122. The molecule has 0 unspecified atom stereocenters. The summed E-state index contributed by atoms with van der Waals surface area (Å²) in [4.78, 5) is 15.4. The summed E-state index contributed by atoms with van der Waals surface area (Å²) < 4.78 is 33.7. The van der Waals surface area contributed by atoms with Crippen LogP contribution in [0.3, 0.4) is 0 Å². The van der Waals surface area contributed by atoms with E-state index in [1.54, 1.807) is 43.5 Å².